The third-order valence-electron chi connectivity index (χ3n) is 5.58. The first-order chi connectivity index (χ1) is 13.0. The standard InChI is InChI=1S/C18H21N5O2S2/c1-12-9-19-18(14-5-6-14)23(12)11-13-7-8-22(10-13)27(24,25)16-4-2-3-15-17(16)21-26-20-15/h2-4,9,13-14H,5-8,10-11H2,1H3. The summed E-state index contributed by atoms with van der Waals surface area (Å²) in [5, 5.41) is 0. The number of benzene rings is 1. The van der Waals surface area contributed by atoms with Crippen LogP contribution in [-0.4, -0.2) is 44.1 Å². The first kappa shape index (κ1) is 17.3. The Balaban J connectivity index is 1.38. The summed E-state index contributed by atoms with van der Waals surface area (Å²) in [4.78, 5) is 4.85. The molecule has 0 N–H and O–H groups in total. The van der Waals surface area contributed by atoms with Crippen molar-refractivity contribution in [2.75, 3.05) is 13.1 Å². The van der Waals surface area contributed by atoms with Crippen LogP contribution in [0.5, 0.6) is 0 Å². The second kappa shape index (κ2) is 6.35. The van der Waals surface area contributed by atoms with Crippen molar-refractivity contribution in [2.45, 2.75) is 43.5 Å². The molecule has 2 aliphatic rings. The molecular weight excluding hydrogens is 382 g/mol. The summed E-state index contributed by atoms with van der Waals surface area (Å²) in [7, 11) is -3.56. The van der Waals surface area contributed by atoms with Gasteiger partial charge < -0.3 is 4.57 Å². The molecule has 0 amide bonds. The normalized spacial score (nSPS) is 21.3. The minimum absolute atomic E-state index is 0.270. The van der Waals surface area contributed by atoms with Gasteiger partial charge in [-0.3, -0.25) is 0 Å². The summed E-state index contributed by atoms with van der Waals surface area (Å²) in [6.07, 6.45) is 5.24. The van der Waals surface area contributed by atoms with Crippen LogP contribution in [0.1, 0.15) is 36.7 Å². The minimum atomic E-state index is -3.56. The largest absolute Gasteiger partial charge is 0.332 e. The van der Waals surface area contributed by atoms with Crippen molar-refractivity contribution < 1.29 is 8.42 Å². The highest BCUT2D eigenvalue weighted by atomic mass is 32.2. The van der Waals surface area contributed by atoms with Crippen molar-refractivity contribution >= 4 is 32.8 Å². The van der Waals surface area contributed by atoms with E-state index in [0.29, 0.717) is 36.0 Å². The third kappa shape index (κ3) is 2.97. The SMILES string of the molecule is Cc1cnc(C2CC2)n1CC1CCN(S(=O)(=O)c2cccc3nsnc23)C1. The zero-order valence-corrected chi connectivity index (χ0v) is 16.7. The van der Waals surface area contributed by atoms with E-state index in [1.165, 1.54) is 18.7 Å². The van der Waals surface area contributed by atoms with Gasteiger partial charge in [0.25, 0.3) is 0 Å². The summed E-state index contributed by atoms with van der Waals surface area (Å²) in [5.41, 5.74) is 2.28. The second-order valence-corrected chi connectivity index (χ2v) is 9.98. The zero-order valence-electron chi connectivity index (χ0n) is 15.1. The molecule has 3 heterocycles. The first-order valence-corrected chi connectivity index (χ1v) is 11.4. The van der Waals surface area contributed by atoms with Crippen molar-refractivity contribution in [3.63, 3.8) is 0 Å². The fraction of sp³-hybridized carbons (Fsp3) is 0.500. The quantitative estimate of drug-likeness (QED) is 0.654. The van der Waals surface area contributed by atoms with Gasteiger partial charge in [-0.25, -0.2) is 13.4 Å². The predicted molar refractivity (Wildman–Crippen MR) is 103 cm³/mol. The molecule has 1 unspecified atom stereocenters. The Morgan fingerprint density at radius 1 is 1.22 bits per heavy atom. The van der Waals surface area contributed by atoms with Gasteiger partial charge in [0.15, 0.2) is 0 Å². The van der Waals surface area contributed by atoms with Gasteiger partial charge in [0.2, 0.25) is 10.0 Å². The lowest BCUT2D eigenvalue weighted by molar-refractivity contribution is 0.421. The summed E-state index contributed by atoms with van der Waals surface area (Å²) in [5.74, 6) is 2.07. The summed E-state index contributed by atoms with van der Waals surface area (Å²) < 4.78 is 38.6. The Kier molecular flexibility index (Phi) is 4.06. The molecule has 0 bridgehead atoms. The third-order valence-corrected chi connectivity index (χ3v) is 8.02. The molecule has 2 aromatic heterocycles. The lowest BCUT2D eigenvalue weighted by Crippen LogP contribution is -2.29. The van der Waals surface area contributed by atoms with Crippen LogP contribution in [0.15, 0.2) is 29.3 Å². The Morgan fingerprint density at radius 2 is 2.07 bits per heavy atom. The average Bonchev–Trinajstić information content (AvgIpc) is 3.06. The molecule has 5 rings (SSSR count). The van der Waals surface area contributed by atoms with Crippen LogP contribution in [0.2, 0.25) is 0 Å². The Hall–Kier alpha value is -1.84. The van der Waals surface area contributed by atoms with Crippen LogP contribution in [0.4, 0.5) is 0 Å². The molecule has 27 heavy (non-hydrogen) atoms. The van der Waals surface area contributed by atoms with Crippen molar-refractivity contribution in [1.82, 2.24) is 22.6 Å². The molecule has 7 nitrogen and oxygen atoms in total. The molecule has 1 atom stereocenters. The van der Waals surface area contributed by atoms with Crippen LogP contribution >= 0.6 is 11.7 Å². The van der Waals surface area contributed by atoms with Crippen molar-refractivity contribution in [2.24, 2.45) is 5.92 Å². The number of imidazole rings is 1. The molecular formula is C18H21N5O2S2. The van der Waals surface area contributed by atoms with Gasteiger partial charge in [-0.2, -0.15) is 13.1 Å². The Bertz CT molecular complexity index is 1100. The number of aryl methyl sites for hydroxylation is 1. The second-order valence-electron chi connectivity index (χ2n) is 7.55. The molecule has 1 saturated carbocycles. The van der Waals surface area contributed by atoms with E-state index in [1.54, 1.807) is 22.5 Å². The monoisotopic (exact) mass is 403 g/mol. The van der Waals surface area contributed by atoms with E-state index in [2.05, 4.69) is 25.2 Å². The molecule has 0 radical (unpaired) electrons. The van der Waals surface area contributed by atoms with Gasteiger partial charge in [0.1, 0.15) is 21.8 Å². The topological polar surface area (TPSA) is 81.0 Å². The minimum Gasteiger partial charge on any atom is -0.332 e. The predicted octanol–water partition coefficient (Wildman–Crippen LogP) is 2.78. The van der Waals surface area contributed by atoms with Crippen molar-refractivity contribution in [3.8, 4) is 0 Å². The van der Waals surface area contributed by atoms with Gasteiger partial charge >= 0.3 is 0 Å². The number of sulfonamides is 1. The van der Waals surface area contributed by atoms with Crippen LogP contribution < -0.4 is 0 Å². The lowest BCUT2D eigenvalue weighted by Gasteiger charge is -2.18. The van der Waals surface area contributed by atoms with Crippen molar-refractivity contribution in [3.05, 3.63) is 35.9 Å². The van der Waals surface area contributed by atoms with Crippen LogP contribution in [-0.2, 0) is 16.6 Å². The van der Waals surface area contributed by atoms with Crippen LogP contribution in [0.25, 0.3) is 11.0 Å². The Labute approximate surface area is 162 Å². The van der Waals surface area contributed by atoms with E-state index in [9.17, 15) is 8.42 Å². The van der Waals surface area contributed by atoms with E-state index >= 15 is 0 Å². The summed E-state index contributed by atoms with van der Waals surface area (Å²) in [6.45, 7) is 4.01. The smallest absolute Gasteiger partial charge is 0.245 e. The molecule has 0 spiro atoms. The number of nitrogens with zero attached hydrogens (tertiary/aromatic N) is 5. The highest BCUT2D eigenvalue weighted by molar-refractivity contribution is 7.89. The van der Waals surface area contributed by atoms with Gasteiger partial charge in [-0.05, 0) is 44.2 Å². The molecule has 1 aliphatic carbocycles. The number of hydrogen-bond acceptors (Lipinski definition) is 6. The highest BCUT2D eigenvalue weighted by Crippen LogP contribution is 2.40. The molecule has 9 heteroatoms. The van der Waals surface area contributed by atoms with E-state index in [-0.39, 0.29) is 4.90 Å². The molecule has 1 aromatic carbocycles. The van der Waals surface area contributed by atoms with E-state index in [1.807, 2.05) is 6.20 Å². The summed E-state index contributed by atoms with van der Waals surface area (Å²) in [6, 6.07) is 5.17. The fourth-order valence-corrected chi connectivity index (χ4v) is 6.22. The highest BCUT2D eigenvalue weighted by Gasteiger charge is 2.35. The molecule has 1 saturated heterocycles. The van der Waals surface area contributed by atoms with E-state index in [0.717, 1.165) is 30.4 Å². The van der Waals surface area contributed by atoms with Crippen molar-refractivity contribution in [1.29, 1.82) is 0 Å². The Morgan fingerprint density at radius 3 is 2.89 bits per heavy atom. The molecule has 3 aromatic rings. The van der Waals surface area contributed by atoms with Gasteiger partial charge in [-0.1, -0.05) is 6.07 Å². The number of aromatic nitrogens is 4. The van der Waals surface area contributed by atoms with Crippen LogP contribution in [0.3, 0.4) is 0 Å². The number of hydrogen-bond donors (Lipinski definition) is 0. The lowest BCUT2D eigenvalue weighted by atomic mass is 10.1. The fourth-order valence-electron chi connectivity index (χ4n) is 3.94. The zero-order chi connectivity index (χ0) is 18.6. The first-order valence-electron chi connectivity index (χ1n) is 9.27. The molecule has 142 valence electrons. The van der Waals surface area contributed by atoms with E-state index in [4.69, 9.17) is 0 Å². The molecule has 2 fully saturated rings. The summed E-state index contributed by atoms with van der Waals surface area (Å²) >= 11 is 1.05. The average molecular weight is 404 g/mol. The van der Waals surface area contributed by atoms with E-state index < -0.39 is 10.0 Å². The maximum Gasteiger partial charge on any atom is 0.245 e. The van der Waals surface area contributed by atoms with Gasteiger partial charge in [0, 0.05) is 37.4 Å². The number of rotatable bonds is 5. The maximum absolute atomic E-state index is 13.2. The maximum atomic E-state index is 13.2. The number of fused-ring (bicyclic) bond motifs is 1. The molecule has 1 aliphatic heterocycles. The van der Waals surface area contributed by atoms with Gasteiger partial charge in [-0.15, -0.1) is 0 Å². The van der Waals surface area contributed by atoms with Gasteiger partial charge in [0.05, 0.1) is 11.7 Å². The van der Waals surface area contributed by atoms with Crippen LogP contribution in [0, 0.1) is 12.8 Å².